The van der Waals surface area contributed by atoms with E-state index in [9.17, 15) is 0 Å². The second-order valence-corrected chi connectivity index (χ2v) is 2.08. The van der Waals surface area contributed by atoms with Crippen molar-refractivity contribution < 1.29 is 4.74 Å². The van der Waals surface area contributed by atoms with Gasteiger partial charge >= 0.3 is 0 Å². The zero-order valence-corrected chi connectivity index (χ0v) is 5.32. The molecule has 5 nitrogen and oxygen atoms in total. The third kappa shape index (κ3) is 0.792. The minimum Gasteiger partial charge on any atom is -0.475 e. The predicted octanol–water partition coefficient (Wildman–Crippen LogP) is -0.408. The Morgan fingerprint density at radius 2 is 2.10 bits per heavy atom. The van der Waals surface area contributed by atoms with Gasteiger partial charge in [-0.2, -0.15) is 0 Å². The molecule has 0 fully saturated rings. The van der Waals surface area contributed by atoms with E-state index in [0.29, 0.717) is 12.5 Å². The highest BCUT2D eigenvalue weighted by Gasteiger charge is 2.12. The fraction of sp³-hybridized carbons (Fsp3) is 0.600. The third-order valence-corrected chi connectivity index (χ3v) is 1.38. The fourth-order valence-corrected chi connectivity index (χ4v) is 0.913. The number of hydrogen-bond acceptors (Lipinski definition) is 5. The number of aromatic nitrogens is 4. The van der Waals surface area contributed by atoms with E-state index in [1.165, 1.54) is 0 Å². The van der Waals surface area contributed by atoms with Crippen molar-refractivity contribution >= 4 is 0 Å². The van der Waals surface area contributed by atoms with Gasteiger partial charge < -0.3 is 4.74 Å². The molecule has 1 aliphatic rings. The largest absolute Gasteiger partial charge is 0.475 e. The highest BCUT2D eigenvalue weighted by molar-refractivity contribution is 5.15. The molecule has 0 N–H and O–H groups in total. The van der Waals surface area contributed by atoms with Crippen LogP contribution < -0.4 is 4.74 Å². The molecule has 0 aliphatic carbocycles. The van der Waals surface area contributed by atoms with Gasteiger partial charge in [-0.25, -0.2) is 0 Å². The molecule has 2 heterocycles. The normalized spacial score (nSPS) is 15.6. The zero-order valence-electron chi connectivity index (χ0n) is 5.32. The Labute approximate surface area is 57.4 Å². The molecule has 5 heteroatoms. The first-order valence-corrected chi connectivity index (χ1v) is 3.14. The number of hydrogen-bond donors (Lipinski definition) is 0. The zero-order chi connectivity index (χ0) is 6.81. The van der Waals surface area contributed by atoms with Crippen LogP contribution in [0.15, 0.2) is 0 Å². The maximum atomic E-state index is 5.15. The van der Waals surface area contributed by atoms with Gasteiger partial charge in [0.15, 0.2) is 0 Å². The molecule has 52 valence electrons. The van der Waals surface area contributed by atoms with E-state index in [0.717, 1.165) is 18.5 Å². The van der Waals surface area contributed by atoms with E-state index in [2.05, 4.69) is 20.6 Å². The standard InChI is InChI=1S/C5H6N4O/c1-2-4-5(10-3-1)7-9-8-6-4/h1-3H2. The van der Waals surface area contributed by atoms with Gasteiger partial charge in [-0.1, -0.05) is 5.10 Å². The molecule has 0 saturated carbocycles. The minimum atomic E-state index is 0.543. The van der Waals surface area contributed by atoms with Crippen molar-refractivity contribution in [2.45, 2.75) is 12.8 Å². The Hall–Kier alpha value is -1.26. The summed E-state index contributed by atoms with van der Waals surface area (Å²) < 4.78 is 5.15. The van der Waals surface area contributed by atoms with Crippen molar-refractivity contribution in [1.29, 1.82) is 0 Å². The number of aryl methyl sites for hydroxylation is 1. The first-order valence-electron chi connectivity index (χ1n) is 3.14. The molecule has 1 aliphatic heterocycles. The number of fused-ring (bicyclic) bond motifs is 1. The Morgan fingerprint density at radius 1 is 1.20 bits per heavy atom. The van der Waals surface area contributed by atoms with Gasteiger partial charge in [0, 0.05) is 6.42 Å². The molecular weight excluding hydrogens is 132 g/mol. The van der Waals surface area contributed by atoms with Crippen molar-refractivity contribution in [2.75, 3.05) is 6.61 Å². The lowest BCUT2D eigenvalue weighted by molar-refractivity contribution is 0.264. The quantitative estimate of drug-likeness (QED) is 0.487. The Kier molecular flexibility index (Phi) is 1.20. The highest BCUT2D eigenvalue weighted by atomic mass is 16.5. The monoisotopic (exact) mass is 138 g/mol. The van der Waals surface area contributed by atoms with Crippen LogP contribution in [0.1, 0.15) is 12.1 Å². The van der Waals surface area contributed by atoms with E-state index in [1.807, 2.05) is 0 Å². The summed E-state index contributed by atoms with van der Waals surface area (Å²) in [4.78, 5) is 0. The molecule has 0 radical (unpaired) electrons. The van der Waals surface area contributed by atoms with Gasteiger partial charge in [0.25, 0.3) is 5.88 Å². The third-order valence-electron chi connectivity index (χ3n) is 1.38. The van der Waals surface area contributed by atoms with Crippen LogP contribution in [-0.4, -0.2) is 27.2 Å². The summed E-state index contributed by atoms with van der Waals surface area (Å²) in [5, 5.41) is 14.2. The van der Waals surface area contributed by atoms with Crippen molar-refractivity contribution in [2.24, 2.45) is 0 Å². The summed E-state index contributed by atoms with van der Waals surface area (Å²) in [6, 6.07) is 0. The molecule has 1 aromatic heterocycles. The van der Waals surface area contributed by atoms with E-state index < -0.39 is 0 Å². The lowest BCUT2D eigenvalue weighted by Crippen LogP contribution is -2.13. The van der Waals surface area contributed by atoms with Crippen molar-refractivity contribution in [3.8, 4) is 5.88 Å². The molecule has 0 saturated heterocycles. The number of nitrogens with zero attached hydrogens (tertiary/aromatic N) is 4. The summed E-state index contributed by atoms with van der Waals surface area (Å²) in [7, 11) is 0. The van der Waals surface area contributed by atoms with Crippen molar-refractivity contribution in [3.05, 3.63) is 5.69 Å². The number of rotatable bonds is 0. The van der Waals surface area contributed by atoms with Gasteiger partial charge in [0.1, 0.15) is 5.69 Å². The average Bonchev–Trinajstić information content (AvgIpc) is 2.05. The van der Waals surface area contributed by atoms with Gasteiger partial charge in [-0.05, 0) is 16.8 Å². The summed E-state index contributed by atoms with van der Waals surface area (Å²) in [6.45, 7) is 0.716. The minimum absolute atomic E-state index is 0.543. The Morgan fingerprint density at radius 3 is 3.00 bits per heavy atom. The van der Waals surface area contributed by atoms with E-state index in [1.54, 1.807) is 0 Å². The molecule has 0 bridgehead atoms. The van der Waals surface area contributed by atoms with Crippen LogP contribution in [0.3, 0.4) is 0 Å². The fourth-order valence-electron chi connectivity index (χ4n) is 0.913. The van der Waals surface area contributed by atoms with E-state index in [4.69, 9.17) is 4.74 Å². The van der Waals surface area contributed by atoms with Gasteiger partial charge in [-0.3, -0.25) is 0 Å². The topological polar surface area (TPSA) is 60.8 Å². The van der Waals surface area contributed by atoms with Crippen molar-refractivity contribution in [3.63, 3.8) is 0 Å². The van der Waals surface area contributed by atoms with Crippen LogP contribution >= 0.6 is 0 Å². The van der Waals surface area contributed by atoms with E-state index >= 15 is 0 Å². The van der Waals surface area contributed by atoms with Gasteiger partial charge in [0.2, 0.25) is 0 Å². The molecule has 10 heavy (non-hydrogen) atoms. The molecule has 1 aromatic rings. The molecule has 0 unspecified atom stereocenters. The Bertz CT molecular complexity index is 214. The summed E-state index contributed by atoms with van der Waals surface area (Å²) in [5.74, 6) is 0.543. The lowest BCUT2D eigenvalue weighted by Gasteiger charge is -2.11. The van der Waals surface area contributed by atoms with Crippen LogP contribution in [-0.2, 0) is 6.42 Å². The Balaban J connectivity index is 2.41. The summed E-state index contributed by atoms with van der Waals surface area (Å²) in [6.07, 6.45) is 1.89. The molecule has 0 atom stereocenters. The summed E-state index contributed by atoms with van der Waals surface area (Å²) in [5.41, 5.74) is 0.821. The van der Waals surface area contributed by atoms with Crippen molar-refractivity contribution in [1.82, 2.24) is 20.6 Å². The van der Waals surface area contributed by atoms with Gasteiger partial charge in [0.05, 0.1) is 6.61 Å². The van der Waals surface area contributed by atoms with Crippen LogP contribution in [0.4, 0.5) is 0 Å². The van der Waals surface area contributed by atoms with E-state index in [-0.39, 0.29) is 0 Å². The SMILES string of the molecule is C1COc2nnnnc2C1. The predicted molar refractivity (Wildman–Crippen MR) is 31.4 cm³/mol. The molecule has 0 aromatic carbocycles. The van der Waals surface area contributed by atoms with Gasteiger partial charge in [-0.15, -0.1) is 5.10 Å². The highest BCUT2D eigenvalue weighted by Crippen LogP contribution is 2.16. The van der Waals surface area contributed by atoms with Crippen LogP contribution in [0.25, 0.3) is 0 Å². The molecule has 2 rings (SSSR count). The molecule has 0 amide bonds. The first kappa shape index (κ1) is 5.52. The maximum absolute atomic E-state index is 5.15. The first-order chi connectivity index (χ1) is 4.97. The smallest absolute Gasteiger partial charge is 0.259 e. The average molecular weight is 138 g/mol. The van der Waals surface area contributed by atoms with Crippen LogP contribution in [0.5, 0.6) is 5.88 Å². The van der Waals surface area contributed by atoms with Crippen LogP contribution in [0.2, 0.25) is 0 Å². The molecule has 0 spiro atoms. The lowest BCUT2D eigenvalue weighted by atomic mass is 10.2. The van der Waals surface area contributed by atoms with Crippen LogP contribution in [0, 0.1) is 0 Å². The second kappa shape index (κ2) is 2.17. The molecular formula is C5H6N4O. The second-order valence-electron chi connectivity index (χ2n) is 2.08. The summed E-state index contributed by atoms with van der Waals surface area (Å²) >= 11 is 0. The maximum Gasteiger partial charge on any atom is 0.259 e. The number of ether oxygens (including phenoxy) is 1.